The van der Waals surface area contributed by atoms with Gasteiger partial charge in [0, 0.05) is 6.07 Å². The lowest BCUT2D eigenvalue weighted by Gasteiger charge is -2.33. The van der Waals surface area contributed by atoms with Gasteiger partial charge in [-0.05, 0) is 76.2 Å². The molecule has 0 N–H and O–H groups in total. The predicted molar refractivity (Wildman–Crippen MR) is 153 cm³/mol. The van der Waals surface area contributed by atoms with Crippen molar-refractivity contribution >= 4 is 15.2 Å². The first-order valence-corrected chi connectivity index (χ1v) is 15.7. The Hall–Kier alpha value is -3.66. The third-order valence-corrected chi connectivity index (χ3v) is 10.1. The Labute approximate surface area is 229 Å². The van der Waals surface area contributed by atoms with Gasteiger partial charge in [-0.25, -0.2) is 9.13 Å². The minimum absolute atomic E-state index is 0.277. The van der Waals surface area contributed by atoms with Crippen LogP contribution in [0.5, 0.6) is 28.7 Å². The third kappa shape index (κ3) is 7.26. The number of rotatable bonds is 12. The van der Waals surface area contributed by atoms with Crippen LogP contribution in [0.3, 0.4) is 0 Å². The maximum absolute atomic E-state index is 14.3. The molecule has 4 aromatic carbocycles. The Bertz CT molecular complexity index is 1400. The van der Waals surface area contributed by atoms with Crippen molar-refractivity contribution in [1.29, 1.82) is 0 Å². The molecule has 0 radical (unpaired) electrons. The van der Waals surface area contributed by atoms with Crippen molar-refractivity contribution < 1.29 is 32.0 Å². The molecule has 0 saturated heterocycles. The number of ether oxygens (including phenoxy) is 1. The second-order valence-electron chi connectivity index (χ2n) is 9.46. The third-order valence-electron chi connectivity index (χ3n) is 5.61. The molecule has 0 aromatic heterocycles. The number of hydrogen-bond donors (Lipinski definition) is 0. The number of benzene rings is 4. The van der Waals surface area contributed by atoms with E-state index in [1.165, 1.54) is 0 Å². The summed E-state index contributed by atoms with van der Waals surface area (Å²) in [4.78, 5) is 0. The lowest BCUT2D eigenvalue weighted by molar-refractivity contribution is 0.157. The fourth-order valence-electron chi connectivity index (χ4n) is 3.42. The first-order chi connectivity index (χ1) is 18.6. The summed E-state index contributed by atoms with van der Waals surface area (Å²) in [5, 5.41) is -1.44. The molecule has 39 heavy (non-hydrogen) atoms. The fraction of sp³-hybridized carbons (Fsp3) is 0.200. The summed E-state index contributed by atoms with van der Waals surface area (Å²) in [5.74, 6) is 1.79. The van der Waals surface area contributed by atoms with E-state index in [0.717, 1.165) is 0 Å². The molecule has 1 unspecified atom stereocenters. The maximum atomic E-state index is 14.3. The minimum atomic E-state index is -3.99. The lowest BCUT2D eigenvalue weighted by atomic mass is 10.3. The van der Waals surface area contributed by atoms with Crippen LogP contribution < -0.4 is 22.8 Å². The molecule has 4 aromatic rings. The molecule has 204 valence electrons. The summed E-state index contributed by atoms with van der Waals surface area (Å²) in [7, 11) is -7.58. The Morgan fingerprint density at radius 1 is 0.538 bits per heavy atom. The first kappa shape index (κ1) is 28.4. The summed E-state index contributed by atoms with van der Waals surface area (Å²) in [6, 6.07) is 33.0. The number of hydrogen-bond acceptors (Lipinski definition) is 7. The smallest absolute Gasteiger partial charge is 0.473 e. The molecule has 1 atom stereocenters. The highest BCUT2D eigenvalue weighted by Gasteiger charge is 2.49. The van der Waals surface area contributed by atoms with E-state index >= 15 is 0 Å². The van der Waals surface area contributed by atoms with Crippen molar-refractivity contribution in [2.45, 2.75) is 38.7 Å². The SMILES string of the molecule is CC(C)P(=O)(Oc1ccccc1)Oc1cccc(OC(C)(C)P(=O)(Oc2ccccc2)Oc2ccccc2)c1. The molecule has 0 amide bonds. The van der Waals surface area contributed by atoms with Gasteiger partial charge in [0.1, 0.15) is 28.7 Å². The van der Waals surface area contributed by atoms with Crippen LogP contribution in [-0.4, -0.2) is 11.0 Å². The molecule has 0 aliphatic heterocycles. The largest absolute Gasteiger partial charge is 0.473 e. The average Bonchev–Trinajstić information content (AvgIpc) is 2.90. The van der Waals surface area contributed by atoms with E-state index in [1.807, 2.05) is 18.2 Å². The fourth-order valence-corrected chi connectivity index (χ4v) is 6.20. The van der Waals surface area contributed by atoms with Crippen LogP contribution in [-0.2, 0) is 9.13 Å². The second kappa shape index (κ2) is 12.0. The van der Waals surface area contributed by atoms with E-state index in [4.69, 9.17) is 22.8 Å². The van der Waals surface area contributed by atoms with E-state index in [9.17, 15) is 9.13 Å². The Kier molecular flexibility index (Phi) is 8.74. The van der Waals surface area contributed by atoms with E-state index in [-0.39, 0.29) is 5.75 Å². The second-order valence-corrected chi connectivity index (χ2v) is 14.4. The standard InChI is InChI=1S/C30H32O7P2/c1-24(2)38(31,34-25-15-8-5-9-16-25)35-29-22-14-21-28(23-29)33-30(3,4)39(32,36-26-17-10-6-11-18-26)37-27-19-12-7-13-20-27/h5-24H,1-4H3. The first-order valence-electron chi connectivity index (χ1n) is 12.5. The zero-order valence-electron chi connectivity index (χ0n) is 22.3. The van der Waals surface area contributed by atoms with Crippen molar-refractivity contribution in [3.8, 4) is 28.7 Å². The molecule has 7 nitrogen and oxygen atoms in total. The van der Waals surface area contributed by atoms with Crippen molar-refractivity contribution in [2.75, 3.05) is 0 Å². The topological polar surface area (TPSA) is 80.3 Å². The van der Waals surface area contributed by atoms with Gasteiger partial charge < -0.3 is 22.8 Å². The van der Waals surface area contributed by atoms with Gasteiger partial charge in [-0.15, -0.1) is 0 Å². The minimum Gasteiger partial charge on any atom is -0.473 e. The van der Waals surface area contributed by atoms with Gasteiger partial charge >= 0.3 is 15.2 Å². The van der Waals surface area contributed by atoms with Gasteiger partial charge in [0.05, 0.1) is 5.66 Å². The molecular weight excluding hydrogens is 534 g/mol. The van der Waals surface area contributed by atoms with Crippen LogP contribution in [0, 0.1) is 0 Å². The zero-order valence-corrected chi connectivity index (χ0v) is 24.1. The van der Waals surface area contributed by atoms with Gasteiger partial charge in [-0.3, -0.25) is 0 Å². The molecule has 0 bridgehead atoms. The van der Waals surface area contributed by atoms with Crippen LogP contribution in [0.2, 0.25) is 0 Å². The quantitative estimate of drug-likeness (QED) is 0.158. The molecule has 0 fully saturated rings. The maximum Gasteiger partial charge on any atom is 0.473 e. The monoisotopic (exact) mass is 566 g/mol. The van der Waals surface area contributed by atoms with Gasteiger partial charge in [0.2, 0.25) is 5.34 Å². The van der Waals surface area contributed by atoms with E-state index in [0.29, 0.717) is 23.0 Å². The van der Waals surface area contributed by atoms with Gasteiger partial charge in [0.15, 0.2) is 0 Å². The average molecular weight is 567 g/mol. The van der Waals surface area contributed by atoms with E-state index in [2.05, 4.69) is 0 Å². The van der Waals surface area contributed by atoms with E-state index in [1.54, 1.807) is 125 Å². The molecule has 0 spiro atoms. The van der Waals surface area contributed by atoms with Gasteiger partial charge in [-0.2, -0.15) is 0 Å². The van der Waals surface area contributed by atoms with Gasteiger partial charge in [0.25, 0.3) is 0 Å². The highest BCUT2D eigenvalue weighted by Crippen LogP contribution is 2.60. The highest BCUT2D eigenvalue weighted by molar-refractivity contribution is 7.56. The predicted octanol–water partition coefficient (Wildman–Crippen LogP) is 9.21. The van der Waals surface area contributed by atoms with Crippen LogP contribution in [0.1, 0.15) is 27.7 Å². The number of para-hydroxylation sites is 3. The Morgan fingerprint density at radius 3 is 1.38 bits per heavy atom. The van der Waals surface area contributed by atoms with Crippen molar-refractivity contribution in [1.82, 2.24) is 0 Å². The normalized spacial score (nSPS) is 13.3. The van der Waals surface area contributed by atoms with Crippen LogP contribution in [0.15, 0.2) is 115 Å². The van der Waals surface area contributed by atoms with Crippen LogP contribution >= 0.6 is 15.2 Å². The molecule has 0 heterocycles. The zero-order chi connectivity index (χ0) is 27.9. The molecule has 0 aliphatic rings. The van der Waals surface area contributed by atoms with Gasteiger partial charge in [-0.1, -0.05) is 60.7 Å². The summed E-state index contributed by atoms with van der Waals surface area (Å²) in [5.41, 5.74) is -0.419. The summed E-state index contributed by atoms with van der Waals surface area (Å²) < 4.78 is 57.8. The Balaban J connectivity index is 1.60. The van der Waals surface area contributed by atoms with Crippen molar-refractivity contribution in [2.24, 2.45) is 0 Å². The summed E-state index contributed by atoms with van der Waals surface area (Å²) in [6.07, 6.45) is 0. The summed E-state index contributed by atoms with van der Waals surface area (Å²) >= 11 is 0. The van der Waals surface area contributed by atoms with Crippen molar-refractivity contribution in [3.05, 3.63) is 115 Å². The highest BCUT2D eigenvalue weighted by atomic mass is 31.2. The molecule has 0 saturated carbocycles. The summed E-state index contributed by atoms with van der Waals surface area (Å²) in [6.45, 7) is 6.80. The van der Waals surface area contributed by atoms with Crippen LogP contribution in [0.25, 0.3) is 0 Å². The van der Waals surface area contributed by atoms with Crippen LogP contribution in [0.4, 0.5) is 0 Å². The molecule has 0 aliphatic carbocycles. The van der Waals surface area contributed by atoms with Crippen molar-refractivity contribution in [3.63, 3.8) is 0 Å². The lowest BCUT2D eigenvalue weighted by Crippen LogP contribution is -2.33. The molecular formula is C30H32O7P2. The Morgan fingerprint density at radius 2 is 0.923 bits per heavy atom. The van der Waals surface area contributed by atoms with E-state index < -0.39 is 26.2 Å². The molecule has 9 heteroatoms. The molecule has 4 rings (SSSR count).